The minimum absolute atomic E-state index is 0.0774. The highest BCUT2D eigenvalue weighted by Gasteiger charge is 2.17. The lowest BCUT2D eigenvalue weighted by Crippen LogP contribution is -2.35. The van der Waals surface area contributed by atoms with Gasteiger partial charge in [-0.2, -0.15) is 4.98 Å². The number of hydrogen-bond donors (Lipinski definition) is 2. The average molecular weight is 481 g/mol. The van der Waals surface area contributed by atoms with Crippen molar-refractivity contribution in [3.8, 4) is 17.4 Å². The van der Waals surface area contributed by atoms with Crippen LogP contribution < -0.4 is 26.0 Å². The molecule has 0 aliphatic carbocycles. The number of aromatic nitrogens is 3. The Morgan fingerprint density at radius 2 is 1.91 bits per heavy atom. The van der Waals surface area contributed by atoms with Crippen LogP contribution >= 0.6 is 11.6 Å². The topological polar surface area (TPSA) is 115 Å². The number of halogens is 1. The summed E-state index contributed by atoms with van der Waals surface area (Å²) in [6.07, 6.45) is 0. The van der Waals surface area contributed by atoms with Crippen LogP contribution in [0.2, 0.25) is 5.02 Å². The monoisotopic (exact) mass is 480 g/mol. The summed E-state index contributed by atoms with van der Waals surface area (Å²) < 4.78 is 11.3. The molecular formula is C24H21ClN4O5. The third-order valence-corrected chi connectivity index (χ3v) is 5.49. The Bertz CT molecular complexity index is 1530. The summed E-state index contributed by atoms with van der Waals surface area (Å²) in [5, 5.41) is 3.66. The first-order valence-electron chi connectivity index (χ1n) is 10.2. The molecule has 0 aliphatic heterocycles. The van der Waals surface area contributed by atoms with E-state index in [0.29, 0.717) is 21.9 Å². The van der Waals surface area contributed by atoms with E-state index in [0.717, 1.165) is 10.1 Å². The van der Waals surface area contributed by atoms with Gasteiger partial charge in [-0.15, -0.1) is 0 Å². The van der Waals surface area contributed by atoms with E-state index in [2.05, 4.69) is 15.3 Å². The fraction of sp³-hybridized carbons (Fsp3) is 0.167. The Hall–Kier alpha value is -4.11. The van der Waals surface area contributed by atoms with Gasteiger partial charge in [0.2, 0.25) is 0 Å². The SMILES string of the molecule is COc1ccc(-n2c(=O)[nH]c3cc(C(=O)NCc4cccc(Cl)c4)cc(C)c3c2=O)nc1OC. The zero-order valence-electron chi connectivity index (χ0n) is 18.6. The fourth-order valence-corrected chi connectivity index (χ4v) is 3.87. The third kappa shape index (κ3) is 4.38. The molecule has 0 radical (unpaired) electrons. The molecule has 34 heavy (non-hydrogen) atoms. The summed E-state index contributed by atoms with van der Waals surface area (Å²) in [5.74, 6) is 0.223. The van der Waals surface area contributed by atoms with Crippen LogP contribution in [0.15, 0.2) is 58.1 Å². The number of pyridine rings is 1. The van der Waals surface area contributed by atoms with Gasteiger partial charge in [-0.1, -0.05) is 23.7 Å². The number of H-pyrrole nitrogens is 1. The molecule has 0 fully saturated rings. The van der Waals surface area contributed by atoms with E-state index in [1.54, 1.807) is 37.3 Å². The first-order chi connectivity index (χ1) is 16.3. The van der Waals surface area contributed by atoms with Crippen LogP contribution in [0.1, 0.15) is 21.5 Å². The second-order valence-electron chi connectivity index (χ2n) is 7.48. The Morgan fingerprint density at radius 1 is 1.12 bits per heavy atom. The maximum atomic E-state index is 13.3. The first-order valence-corrected chi connectivity index (χ1v) is 10.6. The third-order valence-electron chi connectivity index (χ3n) is 5.25. The number of amides is 1. The Balaban J connectivity index is 1.72. The van der Waals surface area contributed by atoms with E-state index in [4.69, 9.17) is 21.1 Å². The molecule has 0 saturated heterocycles. The number of nitrogens with one attached hydrogen (secondary N) is 2. The van der Waals surface area contributed by atoms with Crippen molar-refractivity contribution in [3.05, 3.63) is 91.1 Å². The lowest BCUT2D eigenvalue weighted by atomic mass is 10.1. The molecule has 0 saturated carbocycles. The zero-order valence-corrected chi connectivity index (χ0v) is 19.4. The number of rotatable bonds is 6. The van der Waals surface area contributed by atoms with Crippen LogP contribution in [-0.4, -0.2) is 34.7 Å². The summed E-state index contributed by atoms with van der Waals surface area (Å²) in [6.45, 7) is 1.97. The number of hydrogen-bond acceptors (Lipinski definition) is 6. The molecule has 174 valence electrons. The second-order valence-corrected chi connectivity index (χ2v) is 7.92. The lowest BCUT2D eigenvalue weighted by Gasteiger charge is -2.12. The van der Waals surface area contributed by atoms with Gasteiger partial charge in [0.15, 0.2) is 5.75 Å². The number of methoxy groups -OCH3 is 2. The minimum Gasteiger partial charge on any atom is -0.491 e. The number of ether oxygens (including phenoxy) is 2. The van der Waals surface area contributed by atoms with Gasteiger partial charge < -0.3 is 19.8 Å². The van der Waals surface area contributed by atoms with Gasteiger partial charge in [0, 0.05) is 17.1 Å². The molecule has 4 aromatic rings. The maximum Gasteiger partial charge on any atom is 0.334 e. The normalized spacial score (nSPS) is 10.8. The van der Waals surface area contributed by atoms with Gasteiger partial charge in [-0.05, 0) is 54.4 Å². The predicted molar refractivity (Wildman–Crippen MR) is 128 cm³/mol. The van der Waals surface area contributed by atoms with E-state index in [1.165, 1.54) is 26.4 Å². The van der Waals surface area contributed by atoms with Gasteiger partial charge in [0.05, 0.1) is 25.1 Å². The van der Waals surface area contributed by atoms with Crippen molar-refractivity contribution in [1.82, 2.24) is 19.9 Å². The summed E-state index contributed by atoms with van der Waals surface area (Å²) in [4.78, 5) is 45.7. The molecule has 0 bridgehead atoms. The highest BCUT2D eigenvalue weighted by Crippen LogP contribution is 2.25. The molecule has 0 spiro atoms. The number of aryl methyl sites for hydroxylation is 1. The maximum absolute atomic E-state index is 13.3. The van der Waals surface area contributed by atoms with Crippen molar-refractivity contribution in [1.29, 1.82) is 0 Å². The van der Waals surface area contributed by atoms with Crippen LogP contribution in [-0.2, 0) is 6.54 Å². The second kappa shape index (κ2) is 9.40. The molecule has 0 atom stereocenters. The number of aromatic amines is 1. The molecule has 2 aromatic carbocycles. The van der Waals surface area contributed by atoms with Crippen molar-refractivity contribution >= 4 is 28.4 Å². The molecule has 2 aromatic heterocycles. The number of fused-ring (bicyclic) bond motifs is 1. The standard InChI is InChI=1S/C24H21ClN4O5/c1-13-9-15(21(30)26-12-14-5-4-6-16(25)10-14)11-17-20(13)23(31)29(24(32)27-17)19-8-7-18(33-2)22(28-19)34-3/h4-11H,12H2,1-3H3,(H,26,30)(H,27,32). The van der Waals surface area contributed by atoms with Crippen LogP contribution in [0.25, 0.3) is 16.7 Å². The minimum atomic E-state index is -0.701. The Labute approximate surface area is 198 Å². The van der Waals surface area contributed by atoms with Crippen molar-refractivity contribution < 1.29 is 14.3 Å². The highest BCUT2D eigenvalue weighted by molar-refractivity contribution is 6.30. The van der Waals surface area contributed by atoms with Gasteiger partial charge in [-0.25, -0.2) is 9.36 Å². The predicted octanol–water partition coefficient (Wildman–Crippen LogP) is 2.98. The molecule has 0 aliphatic rings. The van der Waals surface area contributed by atoms with Gasteiger partial charge >= 0.3 is 5.69 Å². The zero-order chi connectivity index (χ0) is 24.4. The van der Waals surface area contributed by atoms with Crippen LogP contribution in [0.4, 0.5) is 0 Å². The molecule has 4 rings (SSSR count). The molecule has 0 unspecified atom stereocenters. The van der Waals surface area contributed by atoms with Gasteiger partial charge in [0.25, 0.3) is 17.3 Å². The van der Waals surface area contributed by atoms with E-state index in [-0.39, 0.29) is 35.1 Å². The van der Waals surface area contributed by atoms with Crippen molar-refractivity contribution in [2.75, 3.05) is 14.2 Å². The summed E-state index contributed by atoms with van der Waals surface area (Å²) in [6, 6.07) is 13.3. The Kier molecular flexibility index (Phi) is 6.38. The Morgan fingerprint density at radius 3 is 2.62 bits per heavy atom. The highest BCUT2D eigenvalue weighted by atomic mass is 35.5. The number of nitrogens with zero attached hydrogens (tertiary/aromatic N) is 2. The van der Waals surface area contributed by atoms with Gasteiger partial charge in [0.1, 0.15) is 5.82 Å². The average Bonchev–Trinajstić information content (AvgIpc) is 2.81. The van der Waals surface area contributed by atoms with Crippen LogP contribution in [0.5, 0.6) is 11.6 Å². The molecule has 1 amide bonds. The van der Waals surface area contributed by atoms with Crippen LogP contribution in [0, 0.1) is 6.92 Å². The number of benzene rings is 2. The number of carbonyl (C=O) groups excluding carboxylic acids is 1. The van der Waals surface area contributed by atoms with E-state index in [9.17, 15) is 14.4 Å². The van der Waals surface area contributed by atoms with Crippen molar-refractivity contribution in [2.45, 2.75) is 13.5 Å². The summed E-state index contributed by atoms with van der Waals surface area (Å²) in [5.41, 5.74) is 0.664. The van der Waals surface area contributed by atoms with E-state index < -0.39 is 11.2 Å². The molecule has 10 heteroatoms. The van der Waals surface area contributed by atoms with E-state index in [1.807, 2.05) is 6.07 Å². The largest absolute Gasteiger partial charge is 0.491 e. The fourth-order valence-electron chi connectivity index (χ4n) is 3.66. The summed E-state index contributed by atoms with van der Waals surface area (Å²) >= 11 is 5.99. The molecular weight excluding hydrogens is 460 g/mol. The lowest BCUT2D eigenvalue weighted by molar-refractivity contribution is 0.0951. The van der Waals surface area contributed by atoms with Crippen LogP contribution in [0.3, 0.4) is 0 Å². The van der Waals surface area contributed by atoms with Crippen molar-refractivity contribution in [2.24, 2.45) is 0 Å². The molecule has 2 heterocycles. The molecule has 9 nitrogen and oxygen atoms in total. The van der Waals surface area contributed by atoms with Gasteiger partial charge in [-0.3, -0.25) is 9.59 Å². The molecule has 2 N–H and O–H groups in total. The van der Waals surface area contributed by atoms with E-state index >= 15 is 0 Å². The van der Waals surface area contributed by atoms with Crippen molar-refractivity contribution in [3.63, 3.8) is 0 Å². The summed E-state index contributed by atoms with van der Waals surface area (Å²) in [7, 11) is 2.87. The quantitative estimate of drug-likeness (QED) is 0.438. The first kappa shape index (κ1) is 23.1. The number of carbonyl (C=O) groups is 1. The smallest absolute Gasteiger partial charge is 0.334 e.